The van der Waals surface area contributed by atoms with Crippen LogP contribution in [0.5, 0.6) is 0 Å². The van der Waals surface area contributed by atoms with E-state index in [4.69, 9.17) is 5.73 Å². The van der Waals surface area contributed by atoms with Gasteiger partial charge in [-0.3, -0.25) is 9.59 Å². The topological polar surface area (TPSA) is 72.2 Å². The molecule has 0 radical (unpaired) electrons. The van der Waals surface area contributed by atoms with Crippen molar-refractivity contribution in [3.05, 3.63) is 0 Å². The molecule has 0 atom stereocenters. The number of nitrogens with two attached hydrogens (primary N) is 1. The third kappa shape index (κ3) is 1.17. The fourth-order valence-electron chi connectivity index (χ4n) is 1.80. The van der Waals surface area contributed by atoms with Gasteiger partial charge in [-0.2, -0.15) is 0 Å². The third-order valence-corrected chi connectivity index (χ3v) is 2.59. The molecule has 3 N–H and O–H groups in total. The quantitative estimate of drug-likeness (QED) is 0.562. The second kappa shape index (κ2) is 3.13. The van der Waals surface area contributed by atoms with Gasteiger partial charge < -0.3 is 11.1 Å². The summed E-state index contributed by atoms with van der Waals surface area (Å²) in [4.78, 5) is 22.5. The molecule has 68 valence electrons. The van der Waals surface area contributed by atoms with Crippen LogP contribution in [0.2, 0.25) is 0 Å². The van der Waals surface area contributed by atoms with Crippen LogP contribution < -0.4 is 11.1 Å². The van der Waals surface area contributed by atoms with Crippen LogP contribution in [0.4, 0.5) is 0 Å². The molecule has 0 heterocycles. The minimum Gasteiger partial charge on any atom is -0.369 e. The number of hydrogen-bond donors (Lipinski definition) is 2. The van der Waals surface area contributed by atoms with E-state index in [1.807, 2.05) is 0 Å². The summed E-state index contributed by atoms with van der Waals surface area (Å²) in [7, 11) is 1.53. The zero-order chi connectivity index (χ0) is 9.19. The summed E-state index contributed by atoms with van der Waals surface area (Å²) in [6.07, 6.45) is 3.02. The maximum atomic E-state index is 11.4. The van der Waals surface area contributed by atoms with Crippen molar-refractivity contribution in [1.29, 1.82) is 0 Å². The summed E-state index contributed by atoms with van der Waals surface area (Å²) < 4.78 is 0. The second-order valence-electron chi connectivity index (χ2n) is 3.23. The predicted molar refractivity (Wildman–Crippen MR) is 44.2 cm³/mol. The first-order valence-corrected chi connectivity index (χ1v) is 4.15. The van der Waals surface area contributed by atoms with Gasteiger partial charge in [-0.05, 0) is 12.8 Å². The first-order chi connectivity index (χ1) is 5.63. The molecule has 4 nitrogen and oxygen atoms in total. The molecular formula is C8H14N2O2. The SMILES string of the molecule is CNC(=O)C1(C(N)=O)CCCC1. The zero-order valence-electron chi connectivity index (χ0n) is 7.22. The second-order valence-corrected chi connectivity index (χ2v) is 3.23. The van der Waals surface area contributed by atoms with Gasteiger partial charge in [-0.25, -0.2) is 0 Å². The summed E-state index contributed by atoms with van der Waals surface area (Å²) in [5.74, 6) is -0.716. The maximum absolute atomic E-state index is 11.4. The summed E-state index contributed by atoms with van der Waals surface area (Å²) in [6.45, 7) is 0. The van der Waals surface area contributed by atoms with E-state index >= 15 is 0 Å². The van der Waals surface area contributed by atoms with Crippen molar-refractivity contribution in [1.82, 2.24) is 5.32 Å². The molecule has 0 spiro atoms. The summed E-state index contributed by atoms with van der Waals surface area (Å²) in [5.41, 5.74) is 4.30. The zero-order valence-corrected chi connectivity index (χ0v) is 7.22. The monoisotopic (exact) mass is 170 g/mol. The van der Waals surface area contributed by atoms with E-state index in [1.165, 1.54) is 7.05 Å². The molecule has 0 saturated heterocycles. The minimum atomic E-state index is -0.908. The molecule has 0 bridgehead atoms. The number of amides is 2. The average Bonchev–Trinajstić information content (AvgIpc) is 2.52. The van der Waals surface area contributed by atoms with Gasteiger partial charge in [0.15, 0.2) is 0 Å². The molecule has 0 unspecified atom stereocenters. The van der Waals surface area contributed by atoms with E-state index in [2.05, 4.69) is 5.32 Å². The Bertz CT molecular complexity index is 207. The van der Waals surface area contributed by atoms with Gasteiger partial charge in [0.2, 0.25) is 11.8 Å². The summed E-state index contributed by atoms with van der Waals surface area (Å²) >= 11 is 0. The van der Waals surface area contributed by atoms with Crippen LogP contribution in [0.3, 0.4) is 0 Å². The molecule has 0 aromatic heterocycles. The van der Waals surface area contributed by atoms with Crippen LogP contribution in [0.25, 0.3) is 0 Å². The Morgan fingerprint density at radius 1 is 1.33 bits per heavy atom. The van der Waals surface area contributed by atoms with Gasteiger partial charge in [0.25, 0.3) is 0 Å². The Kier molecular flexibility index (Phi) is 2.35. The largest absolute Gasteiger partial charge is 0.369 e. The molecule has 0 aromatic rings. The fourth-order valence-corrected chi connectivity index (χ4v) is 1.80. The van der Waals surface area contributed by atoms with Crippen LogP contribution >= 0.6 is 0 Å². The highest BCUT2D eigenvalue weighted by Gasteiger charge is 2.45. The van der Waals surface area contributed by atoms with Crippen molar-refractivity contribution < 1.29 is 9.59 Å². The molecule has 12 heavy (non-hydrogen) atoms. The van der Waals surface area contributed by atoms with Gasteiger partial charge in [0, 0.05) is 7.05 Å². The number of carbonyl (C=O) groups excluding carboxylic acids is 2. The van der Waals surface area contributed by atoms with Crippen LogP contribution in [0.1, 0.15) is 25.7 Å². The van der Waals surface area contributed by atoms with Gasteiger partial charge in [0.1, 0.15) is 5.41 Å². The Labute approximate surface area is 71.5 Å². The molecule has 1 saturated carbocycles. The standard InChI is InChI=1S/C8H14N2O2/c1-10-7(12)8(6(9)11)4-2-3-5-8/h2-5H2,1H3,(H2,9,11)(H,10,12). The van der Waals surface area contributed by atoms with Crippen molar-refractivity contribution in [3.63, 3.8) is 0 Å². The van der Waals surface area contributed by atoms with Crippen LogP contribution in [-0.4, -0.2) is 18.9 Å². The first-order valence-electron chi connectivity index (χ1n) is 4.15. The van der Waals surface area contributed by atoms with E-state index < -0.39 is 11.3 Å². The molecule has 1 fully saturated rings. The number of rotatable bonds is 2. The third-order valence-electron chi connectivity index (χ3n) is 2.59. The summed E-state index contributed by atoms with van der Waals surface area (Å²) in [5, 5.41) is 2.49. The lowest BCUT2D eigenvalue weighted by molar-refractivity contribution is -0.141. The Morgan fingerprint density at radius 2 is 1.83 bits per heavy atom. The van der Waals surface area contributed by atoms with E-state index in [0.717, 1.165) is 12.8 Å². The molecule has 2 amide bonds. The fraction of sp³-hybridized carbons (Fsp3) is 0.750. The minimum absolute atomic E-state index is 0.229. The molecular weight excluding hydrogens is 156 g/mol. The van der Waals surface area contributed by atoms with Crippen LogP contribution in [-0.2, 0) is 9.59 Å². The van der Waals surface area contributed by atoms with E-state index in [0.29, 0.717) is 12.8 Å². The molecule has 1 aliphatic rings. The molecule has 0 aromatic carbocycles. The van der Waals surface area contributed by atoms with Crippen LogP contribution in [0.15, 0.2) is 0 Å². The van der Waals surface area contributed by atoms with Gasteiger partial charge in [-0.1, -0.05) is 12.8 Å². The molecule has 4 heteroatoms. The van der Waals surface area contributed by atoms with Crippen LogP contribution in [0, 0.1) is 5.41 Å². The Balaban J connectivity index is 2.86. The Hall–Kier alpha value is -1.06. The van der Waals surface area contributed by atoms with E-state index in [1.54, 1.807) is 0 Å². The van der Waals surface area contributed by atoms with Crippen molar-refractivity contribution in [2.45, 2.75) is 25.7 Å². The first kappa shape index (κ1) is 9.03. The van der Waals surface area contributed by atoms with Gasteiger partial charge in [0.05, 0.1) is 0 Å². The van der Waals surface area contributed by atoms with Gasteiger partial charge in [-0.15, -0.1) is 0 Å². The molecule has 1 rings (SSSR count). The van der Waals surface area contributed by atoms with Gasteiger partial charge >= 0.3 is 0 Å². The predicted octanol–water partition coefficient (Wildman–Crippen LogP) is -0.222. The average molecular weight is 170 g/mol. The Morgan fingerprint density at radius 3 is 2.17 bits per heavy atom. The highest BCUT2D eigenvalue weighted by molar-refractivity contribution is 6.04. The lowest BCUT2D eigenvalue weighted by Crippen LogP contribution is -2.46. The normalized spacial score (nSPS) is 20.4. The van der Waals surface area contributed by atoms with E-state index in [9.17, 15) is 9.59 Å². The summed E-state index contributed by atoms with van der Waals surface area (Å²) in [6, 6.07) is 0. The number of nitrogens with one attached hydrogen (secondary N) is 1. The van der Waals surface area contributed by atoms with Crippen molar-refractivity contribution in [3.8, 4) is 0 Å². The van der Waals surface area contributed by atoms with Crippen molar-refractivity contribution >= 4 is 11.8 Å². The molecule has 1 aliphatic carbocycles. The van der Waals surface area contributed by atoms with Crippen molar-refractivity contribution in [2.75, 3.05) is 7.05 Å². The maximum Gasteiger partial charge on any atom is 0.235 e. The van der Waals surface area contributed by atoms with E-state index in [-0.39, 0.29) is 5.91 Å². The lowest BCUT2D eigenvalue weighted by Gasteiger charge is -2.22. The highest BCUT2D eigenvalue weighted by atomic mass is 16.2. The highest BCUT2D eigenvalue weighted by Crippen LogP contribution is 2.37. The number of carbonyl (C=O) groups is 2. The number of hydrogen-bond acceptors (Lipinski definition) is 2. The molecule has 0 aliphatic heterocycles. The smallest absolute Gasteiger partial charge is 0.235 e. The lowest BCUT2D eigenvalue weighted by atomic mass is 9.84. The number of primary amides is 1. The van der Waals surface area contributed by atoms with Crippen molar-refractivity contribution in [2.24, 2.45) is 11.1 Å².